The predicted molar refractivity (Wildman–Crippen MR) is 71.2 cm³/mol. The van der Waals surface area contributed by atoms with Crippen LogP contribution in [0.5, 0.6) is 0 Å². The molecule has 1 rings (SSSR count). The first-order valence-corrected chi connectivity index (χ1v) is 6.14. The van der Waals surface area contributed by atoms with E-state index in [2.05, 4.69) is 5.32 Å². The smallest absolute Gasteiger partial charge is 0.331 e. The molecule has 1 heterocycles. The number of furan rings is 1. The van der Waals surface area contributed by atoms with E-state index in [0.29, 0.717) is 12.2 Å². The molecule has 1 aromatic rings. The lowest BCUT2D eigenvalue weighted by atomic mass is 9.96. The first-order valence-electron chi connectivity index (χ1n) is 6.14. The van der Waals surface area contributed by atoms with Crippen LogP contribution in [0.15, 0.2) is 28.9 Å². The Kier molecular flexibility index (Phi) is 5.36. The van der Waals surface area contributed by atoms with Gasteiger partial charge in [-0.3, -0.25) is 4.79 Å². The Morgan fingerprint density at radius 1 is 1.53 bits per heavy atom. The normalized spacial score (nSPS) is 14.1. The number of carbonyl (C=O) groups excluding carboxylic acids is 2. The molecule has 0 fully saturated rings. The minimum absolute atomic E-state index is 0.363. The highest BCUT2D eigenvalue weighted by atomic mass is 16.5. The zero-order chi connectivity index (χ0) is 14.3. The molecule has 1 atom stereocenters. The summed E-state index contributed by atoms with van der Waals surface area (Å²) in [5.74, 6) is -0.239. The number of esters is 1. The maximum atomic E-state index is 11.8. The SMILES string of the molecule is CCCC(C)(NC(=O)/C=C/c1ccco1)C(=O)OC. The molecule has 1 N–H and O–H groups in total. The number of carbonyl (C=O) groups is 2. The van der Waals surface area contributed by atoms with Crippen molar-refractivity contribution in [2.24, 2.45) is 0 Å². The number of hydrogen-bond donors (Lipinski definition) is 1. The Bertz CT molecular complexity index is 450. The highest BCUT2D eigenvalue weighted by Crippen LogP contribution is 2.14. The van der Waals surface area contributed by atoms with Crippen molar-refractivity contribution < 1.29 is 18.7 Å². The molecule has 0 aromatic carbocycles. The molecule has 19 heavy (non-hydrogen) atoms. The summed E-state index contributed by atoms with van der Waals surface area (Å²) >= 11 is 0. The zero-order valence-corrected chi connectivity index (χ0v) is 11.4. The molecule has 104 valence electrons. The van der Waals surface area contributed by atoms with E-state index in [9.17, 15) is 9.59 Å². The zero-order valence-electron chi connectivity index (χ0n) is 11.4. The Balaban J connectivity index is 2.69. The van der Waals surface area contributed by atoms with Crippen LogP contribution >= 0.6 is 0 Å². The molecule has 5 nitrogen and oxygen atoms in total. The number of nitrogens with one attached hydrogen (secondary N) is 1. The lowest BCUT2D eigenvalue weighted by Crippen LogP contribution is -2.52. The third kappa shape index (κ3) is 4.28. The summed E-state index contributed by atoms with van der Waals surface area (Å²) in [6, 6.07) is 3.46. The molecule has 1 aromatic heterocycles. The molecular formula is C14H19NO4. The second-order valence-electron chi connectivity index (χ2n) is 4.41. The summed E-state index contributed by atoms with van der Waals surface area (Å²) < 4.78 is 9.79. The van der Waals surface area contributed by atoms with Gasteiger partial charge in [-0.05, 0) is 31.6 Å². The van der Waals surface area contributed by atoms with Crippen molar-refractivity contribution in [1.82, 2.24) is 5.32 Å². The Morgan fingerprint density at radius 2 is 2.26 bits per heavy atom. The summed E-state index contributed by atoms with van der Waals surface area (Å²) in [4.78, 5) is 23.5. The average Bonchev–Trinajstić information content (AvgIpc) is 2.88. The topological polar surface area (TPSA) is 68.5 Å². The lowest BCUT2D eigenvalue weighted by Gasteiger charge is -2.26. The van der Waals surface area contributed by atoms with Crippen LogP contribution in [0.1, 0.15) is 32.4 Å². The number of rotatable bonds is 6. The van der Waals surface area contributed by atoms with Gasteiger partial charge in [0.15, 0.2) is 0 Å². The van der Waals surface area contributed by atoms with Crippen LogP contribution in [0.25, 0.3) is 6.08 Å². The van der Waals surface area contributed by atoms with Gasteiger partial charge in [0, 0.05) is 6.08 Å². The van der Waals surface area contributed by atoms with Crippen molar-refractivity contribution in [3.63, 3.8) is 0 Å². The average molecular weight is 265 g/mol. The van der Waals surface area contributed by atoms with E-state index in [0.717, 1.165) is 6.42 Å². The standard InChI is InChI=1S/C14H19NO4/c1-4-9-14(2,13(17)18-3)15-12(16)8-7-11-6-5-10-19-11/h5-8,10H,4,9H2,1-3H3,(H,15,16)/b8-7+. The van der Waals surface area contributed by atoms with Gasteiger partial charge in [0.2, 0.25) is 5.91 Å². The van der Waals surface area contributed by atoms with E-state index in [1.807, 2.05) is 6.92 Å². The maximum absolute atomic E-state index is 11.8. The lowest BCUT2D eigenvalue weighted by molar-refractivity contribution is -0.150. The number of ether oxygens (including phenoxy) is 1. The van der Waals surface area contributed by atoms with E-state index >= 15 is 0 Å². The molecule has 5 heteroatoms. The van der Waals surface area contributed by atoms with Gasteiger partial charge in [0.1, 0.15) is 11.3 Å². The predicted octanol–water partition coefficient (Wildman–Crippen LogP) is 2.14. The number of methoxy groups -OCH3 is 1. The van der Waals surface area contributed by atoms with E-state index < -0.39 is 11.5 Å². The molecule has 0 spiro atoms. The van der Waals surface area contributed by atoms with Crippen molar-refractivity contribution >= 4 is 18.0 Å². The van der Waals surface area contributed by atoms with Gasteiger partial charge in [-0.1, -0.05) is 13.3 Å². The van der Waals surface area contributed by atoms with Crippen molar-refractivity contribution in [2.75, 3.05) is 7.11 Å². The van der Waals surface area contributed by atoms with Crippen LogP contribution in [-0.2, 0) is 14.3 Å². The molecule has 0 aliphatic carbocycles. The fraction of sp³-hybridized carbons (Fsp3) is 0.429. The van der Waals surface area contributed by atoms with Crippen LogP contribution in [-0.4, -0.2) is 24.5 Å². The largest absolute Gasteiger partial charge is 0.467 e. The molecule has 0 saturated carbocycles. The summed E-state index contributed by atoms with van der Waals surface area (Å²) in [6.45, 7) is 3.59. The molecule has 0 bridgehead atoms. The first kappa shape index (κ1) is 15.0. The minimum Gasteiger partial charge on any atom is -0.467 e. The Hall–Kier alpha value is -2.04. The van der Waals surface area contributed by atoms with E-state index in [1.165, 1.54) is 19.4 Å². The number of amides is 1. The van der Waals surface area contributed by atoms with Crippen molar-refractivity contribution in [1.29, 1.82) is 0 Å². The van der Waals surface area contributed by atoms with Crippen molar-refractivity contribution in [3.8, 4) is 0 Å². The fourth-order valence-electron chi connectivity index (χ4n) is 1.80. The highest BCUT2D eigenvalue weighted by Gasteiger charge is 2.34. The number of hydrogen-bond acceptors (Lipinski definition) is 4. The van der Waals surface area contributed by atoms with Crippen LogP contribution in [0, 0.1) is 0 Å². The van der Waals surface area contributed by atoms with Crippen molar-refractivity contribution in [3.05, 3.63) is 30.2 Å². The van der Waals surface area contributed by atoms with Gasteiger partial charge in [-0.2, -0.15) is 0 Å². The molecule has 0 saturated heterocycles. The molecule has 0 aliphatic heterocycles. The van der Waals surface area contributed by atoms with Crippen LogP contribution in [0.2, 0.25) is 0 Å². The summed E-state index contributed by atoms with van der Waals surface area (Å²) in [6.07, 6.45) is 5.66. The third-order valence-electron chi connectivity index (χ3n) is 2.73. The van der Waals surface area contributed by atoms with E-state index in [1.54, 1.807) is 25.1 Å². The first-order chi connectivity index (χ1) is 9.01. The fourth-order valence-corrected chi connectivity index (χ4v) is 1.80. The van der Waals surface area contributed by atoms with Gasteiger partial charge in [-0.15, -0.1) is 0 Å². The molecule has 1 unspecified atom stereocenters. The van der Waals surface area contributed by atoms with E-state index in [4.69, 9.17) is 9.15 Å². The van der Waals surface area contributed by atoms with Gasteiger partial charge in [0.05, 0.1) is 13.4 Å². The van der Waals surface area contributed by atoms with Crippen LogP contribution < -0.4 is 5.32 Å². The van der Waals surface area contributed by atoms with Gasteiger partial charge in [0.25, 0.3) is 0 Å². The van der Waals surface area contributed by atoms with Crippen LogP contribution in [0.3, 0.4) is 0 Å². The minimum atomic E-state index is -1.01. The second kappa shape index (κ2) is 6.78. The quantitative estimate of drug-likeness (QED) is 0.632. The molecule has 0 radical (unpaired) electrons. The second-order valence-corrected chi connectivity index (χ2v) is 4.41. The summed E-state index contributed by atoms with van der Waals surface area (Å²) in [7, 11) is 1.31. The summed E-state index contributed by atoms with van der Waals surface area (Å²) in [5.41, 5.74) is -1.01. The third-order valence-corrected chi connectivity index (χ3v) is 2.73. The molecule has 1 amide bonds. The maximum Gasteiger partial charge on any atom is 0.331 e. The van der Waals surface area contributed by atoms with Gasteiger partial charge < -0.3 is 14.5 Å². The Labute approximate surface area is 112 Å². The van der Waals surface area contributed by atoms with Crippen LogP contribution in [0.4, 0.5) is 0 Å². The van der Waals surface area contributed by atoms with Gasteiger partial charge >= 0.3 is 5.97 Å². The summed E-state index contributed by atoms with van der Waals surface area (Å²) in [5, 5.41) is 2.67. The molecular weight excluding hydrogens is 246 g/mol. The monoisotopic (exact) mass is 265 g/mol. The highest BCUT2D eigenvalue weighted by molar-refractivity contribution is 5.95. The van der Waals surface area contributed by atoms with Gasteiger partial charge in [-0.25, -0.2) is 4.79 Å². The van der Waals surface area contributed by atoms with Crippen molar-refractivity contribution in [2.45, 2.75) is 32.2 Å². The Morgan fingerprint density at radius 3 is 2.79 bits per heavy atom. The van der Waals surface area contributed by atoms with E-state index in [-0.39, 0.29) is 5.91 Å². The molecule has 0 aliphatic rings.